The number of aliphatic hydroxyl groups excluding tert-OH is 1. The summed E-state index contributed by atoms with van der Waals surface area (Å²) >= 11 is 0. The van der Waals surface area contributed by atoms with Crippen LogP contribution < -0.4 is 4.74 Å². The van der Waals surface area contributed by atoms with Crippen molar-refractivity contribution in [3.63, 3.8) is 0 Å². The summed E-state index contributed by atoms with van der Waals surface area (Å²) in [6, 6.07) is 6.25. The highest BCUT2D eigenvalue weighted by Crippen LogP contribution is 2.28. The fourth-order valence-corrected chi connectivity index (χ4v) is 1.55. The molecule has 1 aromatic carbocycles. The lowest BCUT2D eigenvalue weighted by Crippen LogP contribution is -2.26. The van der Waals surface area contributed by atoms with Gasteiger partial charge in [0.25, 0.3) is 0 Å². The topological polar surface area (TPSA) is 29.5 Å². The van der Waals surface area contributed by atoms with Crippen LogP contribution in [0, 0.1) is 6.92 Å². The number of hydrogen-bond acceptors (Lipinski definition) is 2. The van der Waals surface area contributed by atoms with Gasteiger partial charge in [-0.3, -0.25) is 0 Å². The lowest BCUT2D eigenvalue weighted by molar-refractivity contribution is 0.0600. The lowest BCUT2D eigenvalue weighted by Gasteiger charge is -2.22. The Hall–Kier alpha value is -1.02. The van der Waals surface area contributed by atoms with Gasteiger partial charge in [-0.2, -0.15) is 0 Å². The molecule has 17 heavy (non-hydrogen) atoms. The molecule has 0 saturated carbocycles. The summed E-state index contributed by atoms with van der Waals surface area (Å²) in [5.74, 6) is 0.853. The van der Waals surface area contributed by atoms with Crippen LogP contribution in [0.5, 0.6) is 5.75 Å². The molecule has 0 aliphatic carbocycles. The Morgan fingerprint density at radius 2 is 1.76 bits per heavy atom. The van der Waals surface area contributed by atoms with Crippen molar-refractivity contribution < 1.29 is 9.84 Å². The quantitative estimate of drug-likeness (QED) is 0.871. The molecule has 2 nitrogen and oxygen atoms in total. The van der Waals surface area contributed by atoms with E-state index >= 15 is 0 Å². The van der Waals surface area contributed by atoms with Crippen molar-refractivity contribution in [2.24, 2.45) is 0 Å². The summed E-state index contributed by atoms with van der Waals surface area (Å²) in [6.07, 6.45) is -0.647. The maximum atomic E-state index is 9.43. The highest BCUT2D eigenvalue weighted by atomic mass is 16.5. The zero-order chi connectivity index (χ0) is 13.2. The third-order valence-electron chi connectivity index (χ3n) is 3.03. The molecule has 0 amide bonds. The maximum absolute atomic E-state index is 9.43. The van der Waals surface area contributed by atoms with Gasteiger partial charge in [-0.25, -0.2) is 0 Å². The first kappa shape index (κ1) is 14.0. The van der Waals surface area contributed by atoms with Gasteiger partial charge >= 0.3 is 0 Å². The summed E-state index contributed by atoms with van der Waals surface area (Å²) in [6.45, 7) is 12.2. The predicted molar refractivity (Wildman–Crippen MR) is 71.6 cm³/mol. The monoisotopic (exact) mass is 236 g/mol. The highest BCUT2D eigenvalue weighted by Gasteiger charge is 2.16. The van der Waals surface area contributed by atoms with Crippen LogP contribution in [-0.4, -0.2) is 17.3 Å². The number of ether oxygens (including phenoxy) is 1. The minimum absolute atomic E-state index is 0.152. The van der Waals surface area contributed by atoms with E-state index in [4.69, 9.17) is 4.74 Å². The Labute approximate surface area is 105 Å². The molecule has 2 unspecified atom stereocenters. The molecule has 0 heterocycles. The molecule has 0 saturated heterocycles. The van der Waals surface area contributed by atoms with Crippen molar-refractivity contribution >= 4 is 0 Å². The first-order chi connectivity index (χ1) is 7.71. The molecule has 0 bridgehead atoms. The second-order valence-electron chi connectivity index (χ2n) is 5.79. The Bertz CT molecular complexity index is 375. The minimum Gasteiger partial charge on any atom is -0.488 e. The number of aliphatic hydroxyl groups is 1. The van der Waals surface area contributed by atoms with Gasteiger partial charge in [-0.15, -0.1) is 0 Å². The largest absolute Gasteiger partial charge is 0.488 e. The standard InChI is InChI=1S/C15H24O2/c1-10-9-13(15(4,5)6)7-8-14(10)17-12(3)11(2)16/h7-9,11-12,16H,1-6H3. The van der Waals surface area contributed by atoms with Gasteiger partial charge in [-0.05, 0) is 43.4 Å². The van der Waals surface area contributed by atoms with E-state index in [1.54, 1.807) is 6.92 Å². The number of benzene rings is 1. The third kappa shape index (κ3) is 3.74. The fraction of sp³-hybridized carbons (Fsp3) is 0.600. The van der Waals surface area contributed by atoms with E-state index in [1.807, 2.05) is 19.9 Å². The number of rotatable bonds is 3. The molecular formula is C15H24O2. The van der Waals surface area contributed by atoms with E-state index in [2.05, 4.69) is 32.9 Å². The summed E-state index contributed by atoms with van der Waals surface area (Å²) in [7, 11) is 0. The molecule has 96 valence electrons. The highest BCUT2D eigenvalue weighted by molar-refractivity contribution is 5.38. The van der Waals surface area contributed by atoms with Crippen molar-refractivity contribution in [1.29, 1.82) is 0 Å². The van der Waals surface area contributed by atoms with Crippen LogP contribution in [0.4, 0.5) is 0 Å². The molecule has 2 atom stereocenters. The van der Waals surface area contributed by atoms with E-state index < -0.39 is 6.10 Å². The van der Waals surface area contributed by atoms with Crippen LogP contribution in [0.3, 0.4) is 0 Å². The second-order valence-corrected chi connectivity index (χ2v) is 5.79. The van der Waals surface area contributed by atoms with Crippen LogP contribution in [0.15, 0.2) is 18.2 Å². The van der Waals surface area contributed by atoms with E-state index in [0.717, 1.165) is 11.3 Å². The Morgan fingerprint density at radius 3 is 2.18 bits per heavy atom. The van der Waals surface area contributed by atoms with Crippen molar-refractivity contribution in [3.05, 3.63) is 29.3 Å². The van der Waals surface area contributed by atoms with E-state index in [9.17, 15) is 5.11 Å². The van der Waals surface area contributed by atoms with E-state index in [0.29, 0.717) is 0 Å². The molecule has 0 fully saturated rings. The molecule has 0 aliphatic rings. The maximum Gasteiger partial charge on any atom is 0.122 e. The zero-order valence-corrected chi connectivity index (χ0v) is 11.7. The van der Waals surface area contributed by atoms with E-state index in [-0.39, 0.29) is 11.5 Å². The van der Waals surface area contributed by atoms with Gasteiger partial charge in [0.2, 0.25) is 0 Å². The SMILES string of the molecule is Cc1cc(C(C)(C)C)ccc1OC(C)C(C)O. The molecule has 0 aromatic heterocycles. The summed E-state index contributed by atoms with van der Waals surface area (Å²) < 4.78 is 5.72. The van der Waals surface area contributed by atoms with Crippen LogP contribution in [0.2, 0.25) is 0 Å². The van der Waals surface area contributed by atoms with Gasteiger partial charge in [0.05, 0.1) is 6.10 Å². The summed E-state index contributed by atoms with van der Waals surface area (Å²) in [5, 5.41) is 9.43. The molecular weight excluding hydrogens is 212 g/mol. The van der Waals surface area contributed by atoms with Crippen LogP contribution in [-0.2, 0) is 5.41 Å². The average molecular weight is 236 g/mol. The van der Waals surface area contributed by atoms with E-state index in [1.165, 1.54) is 5.56 Å². The minimum atomic E-state index is -0.461. The molecule has 1 aromatic rings. The second kappa shape index (κ2) is 5.09. The zero-order valence-electron chi connectivity index (χ0n) is 11.7. The Morgan fingerprint density at radius 1 is 1.18 bits per heavy atom. The smallest absolute Gasteiger partial charge is 0.122 e. The van der Waals surface area contributed by atoms with Crippen LogP contribution in [0.25, 0.3) is 0 Å². The predicted octanol–water partition coefficient (Wildman–Crippen LogP) is 3.44. The van der Waals surface area contributed by atoms with Crippen molar-refractivity contribution in [1.82, 2.24) is 0 Å². The Balaban J connectivity index is 2.91. The van der Waals surface area contributed by atoms with Gasteiger partial charge in [0.1, 0.15) is 11.9 Å². The van der Waals surface area contributed by atoms with Crippen LogP contribution in [0.1, 0.15) is 45.7 Å². The van der Waals surface area contributed by atoms with Crippen LogP contribution >= 0.6 is 0 Å². The van der Waals surface area contributed by atoms with Crippen molar-refractivity contribution in [3.8, 4) is 5.75 Å². The van der Waals surface area contributed by atoms with Crippen molar-refractivity contribution in [2.75, 3.05) is 0 Å². The number of aryl methyl sites for hydroxylation is 1. The molecule has 0 radical (unpaired) electrons. The average Bonchev–Trinajstić information content (AvgIpc) is 2.19. The molecule has 1 N–H and O–H groups in total. The van der Waals surface area contributed by atoms with Gasteiger partial charge in [-0.1, -0.05) is 32.9 Å². The first-order valence-electron chi connectivity index (χ1n) is 6.17. The third-order valence-corrected chi connectivity index (χ3v) is 3.03. The summed E-state index contributed by atoms with van der Waals surface area (Å²) in [5.41, 5.74) is 2.57. The number of hydrogen-bond donors (Lipinski definition) is 1. The first-order valence-corrected chi connectivity index (χ1v) is 6.17. The molecule has 2 heteroatoms. The Kier molecular flexibility index (Phi) is 4.21. The summed E-state index contributed by atoms with van der Waals surface area (Å²) in [4.78, 5) is 0. The van der Waals surface area contributed by atoms with Gasteiger partial charge < -0.3 is 9.84 Å². The lowest BCUT2D eigenvalue weighted by atomic mass is 9.86. The molecule has 1 rings (SSSR count). The molecule has 0 spiro atoms. The molecule has 0 aliphatic heterocycles. The van der Waals surface area contributed by atoms with Gasteiger partial charge in [0.15, 0.2) is 0 Å². The normalized spacial score (nSPS) is 15.5. The van der Waals surface area contributed by atoms with Gasteiger partial charge in [0, 0.05) is 0 Å². The van der Waals surface area contributed by atoms with Crippen molar-refractivity contribution in [2.45, 2.75) is 59.2 Å². The fourth-order valence-electron chi connectivity index (χ4n) is 1.55.